The summed E-state index contributed by atoms with van der Waals surface area (Å²) in [7, 11) is 3.45. The number of guanidine groups is 1. The number of benzene rings is 2. The average molecular weight is 386 g/mol. The highest BCUT2D eigenvalue weighted by atomic mass is 16.5. The summed E-state index contributed by atoms with van der Waals surface area (Å²) >= 11 is 0. The number of aliphatic imine (C=N–C) groups is 1. The summed E-state index contributed by atoms with van der Waals surface area (Å²) in [5.41, 5.74) is 3.28. The minimum Gasteiger partial charge on any atom is -0.493 e. The molecule has 0 aliphatic heterocycles. The summed E-state index contributed by atoms with van der Waals surface area (Å²) in [4.78, 5) is 4.29. The molecule has 28 heavy (non-hydrogen) atoms. The Bertz CT molecular complexity index is 717. The van der Waals surface area contributed by atoms with Crippen LogP contribution in [-0.2, 0) is 22.6 Å². The van der Waals surface area contributed by atoms with Crippen LogP contribution < -0.4 is 15.4 Å². The number of anilines is 1. The molecule has 2 aromatic carbocycles. The zero-order valence-electron chi connectivity index (χ0n) is 17.0. The van der Waals surface area contributed by atoms with E-state index in [9.17, 15) is 0 Å². The Morgan fingerprint density at radius 3 is 2.54 bits per heavy atom. The normalized spacial score (nSPS) is 11.3. The van der Waals surface area contributed by atoms with E-state index in [0.717, 1.165) is 24.5 Å². The third-order valence-electron chi connectivity index (χ3n) is 4.04. The van der Waals surface area contributed by atoms with E-state index < -0.39 is 0 Å². The van der Waals surface area contributed by atoms with Crippen molar-refractivity contribution in [3.63, 3.8) is 0 Å². The summed E-state index contributed by atoms with van der Waals surface area (Å²) < 4.78 is 16.2. The molecule has 6 heteroatoms. The van der Waals surface area contributed by atoms with Crippen molar-refractivity contribution in [3.05, 3.63) is 59.7 Å². The second-order valence-corrected chi connectivity index (χ2v) is 6.23. The van der Waals surface area contributed by atoms with E-state index in [0.29, 0.717) is 32.3 Å². The molecule has 0 saturated carbocycles. The first kappa shape index (κ1) is 21.7. The fraction of sp³-hybridized carbons (Fsp3) is 0.409. The third kappa shape index (κ3) is 7.98. The van der Waals surface area contributed by atoms with E-state index in [4.69, 9.17) is 14.2 Å². The van der Waals surface area contributed by atoms with Gasteiger partial charge in [0, 0.05) is 52.1 Å². The first-order valence-electron chi connectivity index (χ1n) is 9.60. The SMILES string of the molecule is CCOCc1ccc(CNC(=NC)Nc2cccc(OCCCOC)c2)cc1. The molecule has 0 fully saturated rings. The highest BCUT2D eigenvalue weighted by Gasteiger charge is 2.02. The van der Waals surface area contributed by atoms with Crippen LogP contribution in [0.3, 0.4) is 0 Å². The van der Waals surface area contributed by atoms with Crippen molar-refractivity contribution in [1.82, 2.24) is 5.32 Å². The minimum absolute atomic E-state index is 0.629. The monoisotopic (exact) mass is 385 g/mol. The molecule has 2 rings (SSSR count). The van der Waals surface area contributed by atoms with Crippen molar-refractivity contribution in [3.8, 4) is 5.75 Å². The summed E-state index contributed by atoms with van der Waals surface area (Å²) in [6.45, 7) is 5.38. The fourth-order valence-electron chi connectivity index (χ4n) is 2.53. The smallest absolute Gasteiger partial charge is 0.195 e. The van der Waals surface area contributed by atoms with Crippen molar-refractivity contribution in [1.29, 1.82) is 0 Å². The summed E-state index contributed by atoms with van der Waals surface area (Å²) in [5, 5.41) is 6.62. The largest absolute Gasteiger partial charge is 0.493 e. The summed E-state index contributed by atoms with van der Waals surface area (Å²) in [6.07, 6.45) is 0.862. The number of hydrogen-bond acceptors (Lipinski definition) is 4. The van der Waals surface area contributed by atoms with E-state index in [1.165, 1.54) is 11.1 Å². The topological polar surface area (TPSA) is 64.1 Å². The molecule has 0 aliphatic rings. The molecular weight excluding hydrogens is 354 g/mol. The van der Waals surface area contributed by atoms with E-state index in [2.05, 4.69) is 39.9 Å². The molecule has 0 heterocycles. The molecule has 0 aliphatic carbocycles. The van der Waals surface area contributed by atoms with Gasteiger partial charge in [0.05, 0.1) is 13.2 Å². The van der Waals surface area contributed by atoms with Crippen molar-refractivity contribution in [2.45, 2.75) is 26.5 Å². The number of hydrogen-bond donors (Lipinski definition) is 2. The Morgan fingerprint density at radius 2 is 1.82 bits per heavy atom. The number of methoxy groups -OCH3 is 1. The van der Waals surface area contributed by atoms with Gasteiger partial charge >= 0.3 is 0 Å². The Labute approximate surface area is 167 Å². The van der Waals surface area contributed by atoms with E-state index >= 15 is 0 Å². The molecule has 6 nitrogen and oxygen atoms in total. The summed E-state index contributed by atoms with van der Waals surface area (Å²) in [5.74, 6) is 1.52. The molecule has 0 bridgehead atoms. The van der Waals surface area contributed by atoms with Crippen LogP contribution >= 0.6 is 0 Å². The van der Waals surface area contributed by atoms with Gasteiger partial charge in [-0.1, -0.05) is 30.3 Å². The van der Waals surface area contributed by atoms with Gasteiger partial charge in [-0.25, -0.2) is 0 Å². The molecule has 2 aromatic rings. The molecule has 0 saturated heterocycles. The highest BCUT2D eigenvalue weighted by Crippen LogP contribution is 2.17. The number of rotatable bonds is 11. The Hall–Kier alpha value is -2.57. The lowest BCUT2D eigenvalue weighted by Gasteiger charge is -2.13. The first-order chi connectivity index (χ1) is 13.7. The minimum atomic E-state index is 0.629. The lowest BCUT2D eigenvalue weighted by Crippen LogP contribution is -2.30. The van der Waals surface area contributed by atoms with Crippen molar-refractivity contribution in [2.75, 3.05) is 39.3 Å². The zero-order valence-corrected chi connectivity index (χ0v) is 17.0. The van der Waals surface area contributed by atoms with Crippen LogP contribution in [0.2, 0.25) is 0 Å². The van der Waals surface area contributed by atoms with E-state index in [1.54, 1.807) is 14.2 Å². The maximum absolute atomic E-state index is 5.74. The second-order valence-electron chi connectivity index (χ2n) is 6.23. The lowest BCUT2D eigenvalue weighted by atomic mass is 10.1. The van der Waals surface area contributed by atoms with Crippen LogP contribution in [-0.4, -0.2) is 39.9 Å². The van der Waals surface area contributed by atoms with Gasteiger partial charge in [0.1, 0.15) is 5.75 Å². The molecule has 152 valence electrons. The number of nitrogens with one attached hydrogen (secondary N) is 2. The van der Waals surface area contributed by atoms with Gasteiger partial charge < -0.3 is 24.8 Å². The Kier molecular flexibility index (Phi) is 9.89. The van der Waals surface area contributed by atoms with Crippen LogP contribution in [0.4, 0.5) is 5.69 Å². The van der Waals surface area contributed by atoms with Crippen LogP contribution in [0, 0.1) is 0 Å². The third-order valence-corrected chi connectivity index (χ3v) is 4.04. The first-order valence-corrected chi connectivity index (χ1v) is 9.60. The van der Waals surface area contributed by atoms with Gasteiger partial charge in [0.15, 0.2) is 5.96 Å². The molecule has 2 N–H and O–H groups in total. The number of nitrogens with zero attached hydrogens (tertiary/aromatic N) is 1. The van der Waals surface area contributed by atoms with E-state index in [1.807, 2.05) is 31.2 Å². The van der Waals surface area contributed by atoms with Crippen molar-refractivity contribution in [2.24, 2.45) is 4.99 Å². The van der Waals surface area contributed by atoms with Gasteiger partial charge in [-0.15, -0.1) is 0 Å². The predicted molar refractivity (Wildman–Crippen MR) is 114 cm³/mol. The van der Waals surface area contributed by atoms with Gasteiger partial charge in [-0.2, -0.15) is 0 Å². The molecule has 0 unspecified atom stereocenters. The molecule has 0 amide bonds. The fourth-order valence-corrected chi connectivity index (χ4v) is 2.53. The van der Waals surface area contributed by atoms with Gasteiger partial charge in [0.2, 0.25) is 0 Å². The van der Waals surface area contributed by atoms with Crippen molar-refractivity contribution >= 4 is 11.6 Å². The predicted octanol–water partition coefficient (Wildman–Crippen LogP) is 3.83. The molecule has 0 spiro atoms. The second kappa shape index (κ2) is 12.8. The van der Waals surface area contributed by atoms with Crippen LogP contribution in [0.15, 0.2) is 53.5 Å². The van der Waals surface area contributed by atoms with Crippen LogP contribution in [0.1, 0.15) is 24.5 Å². The maximum Gasteiger partial charge on any atom is 0.195 e. The van der Waals surface area contributed by atoms with Crippen LogP contribution in [0.25, 0.3) is 0 Å². The molecular formula is C22H31N3O3. The molecule has 0 atom stereocenters. The summed E-state index contributed by atoms with van der Waals surface area (Å²) in [6, 6.07) is 16.2. The average Bonchev–Trinajstić information content (AvgIpc) is 2.74. The Balaban J connectivity index is 1.83. The molecule has 0 radical (unpaired) electrons. The standard InChI is InChI=1S/C22H31N3O3/c1-4-27-17-19-11-9-18(10-12-19)16-24-22(23-2)25-20-7-5-8-21(15-20)28-14-6-13-26-3/h5,7-12,15H,4,6,13-14,16-17H2,1-3H3,(H2,23,24,25). The van der Waals surface area contributed by atoms with Gasteiger partial charge in [0.25, 0.3) is 0 Å². The number of ether oxygens (including phenoxy) is 3. The van der Waals surface area contributed by atoms with Crippen LogP contribution in [0.5, 0.6) is 5.75 Å². The maximum atomic E-state index is 5.74. The Morgan fingerprint density at radius 1 is 1.04 bits per heavy atom. The highest BCUT2D eigenvalue weighted by molar-refractivity contribution is 5.93. The van der Waals surface area contributed by atoms with Crippen molar-refractivity contribution < 1.29 is 14.2 Å². The quantitative estimate of drug-likeness (QED) is 0.350. The van der Waals surface area contributed by atoms with Gasteiger partial charge in [-0.05, 0) is 30.2 Å². The molecule has 0 aromatic heterocycles. The van der Waals surface area contributed by atoms with E-state index in [-0.39, 0.29) is 0 Å². The van der Waals surface area contributed by atoms with Gasteiger partial charge in [-0.3, -0.25) is 4.99 Å². The zero-order chi connectivity index (χ0) is 20.0. The lowest BCUT2D eigenvalue weighted by molar-refractivity contribution is 0.134.